The average molecular weight is 354 g/mol. The Bertz CT molecular complexity index is 635. The molecule has 0 radical (unpaired) electrons. The normalized spacial score (nSPS) is 12.0. The number of methoxy groups -OCH3 is 1. The SMILES string of the molecule is COCC(C)NC(=O)COC(=O)c1[nH]c(C)c(C(=O)OC(C)C)c1C. The molecule has 140 valence electrons. The molecule has 0 bridgehead atoms. The third-order valence-corrected chi connectivity index (χ3v) is 3.35. The van der Waals surface area contributed by atoms with Gasteiger partial charge in [0.05, 0.1) is 18.3 Å². The first-order valence-electron chi connectivity index (χ1n) is 8.02. The number of nitrogens with one attached hydrogen (secondary N) is 2. The topological polar surface area (TPSA) is 107 Å². The minimum absolute atomic E-state index is 0.131. The van der Waals surface area contributed by atoms with E-state index >= 15 is 0 Å². The van der Waals surface area contributed by atoms with Crippen LogP contribution in [-0.2, 0) is 19.0 Å². The summed E-state index contributed by atoms with van der Waals surface area (Å²) in [5, 5.41) is 2.63. The zero-order valence-electron chi connectivity index (χ0n) is 15.5. The number of hydrogen-bond donors (Lipinski definition) is 2. The second-order valence-corrected chi connectivity index (χ2v) is 6.08. The number of ether oxygens (including phenoxy) is 3. The van der Waals surface area contributed by atoms with Crippen LogP contribution in [0.1, 0.15) is 52.9 Å². The van der Waals surface area contributed by atoms with Gasteiger partial charge in [-0.3, -0.25) is 4.79 Å². The minimum atomic E-state index is -0.709. The predicted molar refractivity (Wildman–Crippen MR) is 90.6 cm³/mol. The van der Waals surface area contributed by atoms with E-state index in [1.54, 1.807) is 34.6 Å². The Balaban J connectivity index is 2.74. The largest absolute Gasteiger partial charge is 0.459 e. The number of amides is 1. The summed E-state index contributed by atoms with van der Waals surface area (Å²) < 4.78 is 15.1. The van der Waals surface area contributed by atoms with E-state index in [4.69, 9.17) is 14.2 Å². The molecule has 1 aromatic rings. The summed E-state index contributed by atoms with van der Waals surface area (Å²) >= 11 is 0. The van der Waals surface area contributed by atoms with Crippen LogP contribution in [0.3, 0.4) is 0 Å². The lowest BCUT2D eigenvalue weighted by Crippen LogP contribution is -2.38. The minimum Gasteiger partial charge on any atom is -0.459 e. The van der Waals surface area contributed by atoms with Gasteiger partial charge in [0.2, 0.25) is 0 Å². The van der Waals surface area contributed by atoms with Gasteiger partial charge in [0.1, 0.15) is 5.69 Å². The van der Waals surface area contributed by atoms with Crippen molar-refractivity contribution >= 4 is 17.8 Å². The first-order chi connectivity index (χ1) is 11.7. The molecule has 0 aliphatic rings. The second kappa shape index (κ2) is 9.22. The van der Waals surface area contributed by atoms with Crippen LogP contribution in [0.25, 0.3) is 0 Å². The van der Waals surface area contributed by atoms with Crippen LogP contribution >= 0.6 is 0 Å². The third kappa shape index (κ3) is 5.90. The molecule has 1 unspecified atom stereocenters. The van der Waals surface area contributed by atoms with E-state index in [9.17, 15) is 14.4 Å². The van der Waals surface area contributed by atoms with Gasteiger partial charge in [0, 0.05) is 18.8 Å². The van der Waals surface area contributed by atoms with Crippen LogP contribution in [0.4, 0.5) is 0 Å². The molecule has 0 aromatic carbocycles. The van der Waals surface area contributed by atoms with Gasteiger partial charge in [-0.2, -0.15) is 0 Å². The quantitative estimate of drug-likeness (QED) is 0.685. The van der Waals surface area contributed by atoms with Crippen molar-refractivity contribution in [2.24, 2.45) is 0 Å². The molecule has 0 fully saturated rings. The molecule has 8 heteroatoms. The molecule has 0 saturated heterocycles. The Kier molecular flexibility index (Phi) is 7.63. The van der Waals surface area contributed by atoms with E-state index in [0.29, 0.717) is 23.4 Å². The molecular weight excluding hydrogens is 328 g/mol. The van der Waals surface area contributed by atoms with E-state index in [2.05, 4.69) is 10.3 Å². The number of esters is 2. The number of rotatable bonds is 8. The van der Waals surface area contributed by atoms with Crippen molar-refractivity contribution in [1.29, 1.82) is 0 Å². The maximum absolute atomic E-state index is 12.2. The molecule has 0 aliphatic carbocycles. The van der Waals surface area contributed by atoms with Gasteiger partial charge >= 0.3 is 11.9 Å². The summed E-state index contributed by atoms with van der Waals surface area (Å²) in [6.45, 7) is 8.49. The summed E-state index contributed by atoms with van der Waals surface area (Å²) in [5.74, 6) is -1.65. The number of hydrogen-bond acceptors (Lipinski definition) is 6. The van der Waals surface area contributed by atoms with E-state index in [-0.39, 0.29) is 17.8 Å². The summed E-state index contributed by atoms with van der Waals surface area (Å²) in [5.41, 5.74) is 1.37. The molecule has 1 amide bonds. The fourth-order valence-corrected chi connectivity index (χ4v) is 2.34. The van der Waals surface area contributed by atoms with Crippen molar-refractivity contribution in [2.45, 2.75) is 46.8 Å². The van der Waals surface area contributed by atoms with Gasteiger partial charge in [0.25, 0.3) is 5.91 Å². The van der Waals surface area contributed by atoms with Gasteiger partial charge in [-0.15, -0.1) is 0 Å². The van der Waals surface area contributed by atoms with Crippen LogP contribution < -0.4 is 5.32 Å². The van der Waals surface area contributed by atoms with Crippen LogP contribution in [0.2, 0.25) is 0 Å². The third-order valence-electron chi connectivity index (χ3n) is 3.35. The molecule has 2 N–H and O–H groups in total. The Labute approximate surface area is 147 Å². The zero-order valence-corrected chi connectivity index (χ0v) is 15.5. The van der Waals surface area contributed by atoms with Gasteiger partial charge in [-0.1, -0.05) is 0 Å². The van der Waals surface area contributed by atoms with Gasteiger partial charge in [-0.05, 0) is 40.2 Å². The Hall–Kier alpha value is -2.35. The summed E-state index contributed by atoms with van der Waals surface area (Å²) in [7, 11) is 1.53. The molecule has 0 aliphatic heterocycles. The number of aryl methyl sites for hydroxylation is 1. The highest BCUT2D eigenvalue weighted by Gasteiger charge is 2.24. The molecule has 1 aromatic heterocycles. The Morgan fingerprint density at radius 3 is 2.32 bits per heavy atom. The lowest BCUT2D eigenvalue weighted by Gasteiger charge is -2.12. The summed E-state index contributed by atoms with van der Waals surface area (Å²) in [6.07, 6.45) is -0.269. The average Bonchev–Trinajstić information content (AvgIpc) is 2.79. The first kappa shape index (κ1) is 20.7. The number of aromatic amines is 1. The number of carbonyl (C=O) groups excluding carboxylic acids is 3. The summed E-state index contributed by atoms with van der Waals surface area (Å²) in [4.78, 5) is 38.8. The fourth-order valence-electron chi connectivity index (χ4n) is 2.34. The first-order valence-corrected chi connectivity index (χ1v) is 8.02. The van der Waals surface area contributed by atoms with Gasteiger partial charge in [-0.25, -0.2) is 9.59 Å². The molecule has 0 spiro atoms. The van der Waals surface area contributed by atoms with Crippen molar-refractivity contribution < 1.29 is 28.6 Å². The standard InChI is InChI=1S/C17H26N2O6/c1-9(2)25-16(21)14-11(4)15(19-12(14)5)17(22)24-8-13(20)18-10(3)7-23-6/h9-10,19H,7-8H2,1-6H3,(H,18,20). The van der Waals surface area contributed by atoms with Gasteiger partial charge in [0.15, 0.2) is 6.61 Å². The summed E-state index contributed by atoms with van der Waals surface area (Å²) in [6, 6.07) is -0.192. The predicted octanol–water partition coefficient (Wildman–Crippen LogP) is 1.50. The highest BCUT2D eigenvalue weighted by molar-refractivity contribution is 5.99. The van der Waals surface area contributed by atoms with Gasteiger partial charge < -0.3 is 24.5 Å². The number of carbonyl (C=O) groups is 3. The van der Waals surface area contributed by atoms with Crippen LogP contribution in [-0.4, -0.2) is 55.3 Å². The monoisotopic (exact) mass is 354 g/mol. The maximum Gasteiger partial charge on any atom is 0.355 e. The van der Waals surface area contributed by atoms with E-state index in [0.717, 1.165) is 0 Å². The number of H-pyrrole nitrogens is 1. The smallest absolute Gasteiger partial charge is 0.355 e. The highest BCUT2D eigenvalue weighted by Crippen LogP contribution is 2.20. The van der Waals surface area contributed by atoms with E-state index in [1.165, 1.54) is 7.11 Å². The Morgan fingerprint density at radius 1 is 1.12 bits per heavy atom. The maximum atomic E-state index is 12.2. The zero-order chi connectivity index (χ0) is 19.1. The molecule has 1 rings (SSSR count). The van der Waals surface area contributed by atoms with E-state index in [1.807, 2.05) is 0 Å². The lowest BCUT2D eigenvalue weighted by atomic mass is 10.1. The van der Waals surface area contributed by atoms with Crippen LogP contribution in [0.15, 0.2) is 0 Å². The van der Waals surface area contributed by atoms with Crippen molar-refractivity contribution in [3.05, 3.63) is 22.5 Å². The molecular formula is C17H26N2O6. The Morgan fingerprint density at radius 2 is 1.76 bits per heavy atom. The second-order valence-electron chi connectivity index (χ2n) is 6.08. The molecule has 1 atom stereocenters. The lowest BCUT2D eigenvalue weighted by molar-refractivity contribution is -0.125. The van der Waals surface area contributed by atoms with Crippen molar-refractivity contribution in [2.75, 3.05) is 20.3 Å². The van der Waals surface area contributed by atoms with Crippen molar-refractivity contribution in [1.82, 2.24) is 10.3 Å². The molecule has 1 heterocycles. The number of aromatic nitrogens is 1. The van der Waals surface area contributed by atoms with E-state index < -0.39 is 24.5 Å². The van der Waals surface area contributed by atoms with Crippen molar-refractivity contribution in [3.63, 3.8) is 0 Å². The van der Waals surface area contributed by atoms with Crippen LogP contribution in [0.5, 0.6) is 0 Å². The van der Waals surface area contributed by atoms with Crippen molar-refractivity contribution in [3.8, 4) is 0 Å². The fraction of sp³-hybridized carbons (Fsp3) is 0.588. The highest BCUT2D eigenvalue weighted by atomic mass is 16.5. The molecule has 25 heavy (non-hydrogen) atoms. The molecule has 0 saturated carbocycles. The molecule has 8 nitrogen and oxygen atoms in total. The van der Waals surface area contributed by atoms with Crippen LogP contribution in [0, 0.1) is 13.8 Å².